The molecule has 102 valence electrons. The molecule has 0 saturated heterocycles. The number of hydrogen-bond donors (Lipinski definition) is 0. The Kier molecular flexibility index (Phi) is 3.44. The second kappa shape index (κ2) is 5.25. The van der Waals surface area contributed by atoms with Crippen molar-refractivity contribution < 1.29 is 13.9 Å². The van der Waals surface area contributed by atoms with Crippen LogP contribution in [0.3, 0.4) is 0 Å². The molecule has 0 unspecified atom stereocenters. The summed E-state index contributed by atoms with van der Waals surface area (Å²) in [7, 11) is 0. The predicted molar refractivity (Wildman–Crippen MR) is 77.7 cm³/mol. The smallest absolute Gasteiger partial charge is 0.258 e. The van der Waals surface area contributed by atoms with Gasteiger partial charge in [0.2, 0.25) is 0 Å². The van der Waals surface area contributed by atoms with Gasteiger partial charge in [0, 0.05) is 5.56 Å². The van der Waals surface area contributed by atoms with E-state index in [-0.39, 0.29) is 16.2 Å². The van der Waals surface area contributed by atoms with E-state index >= 15 is 0 Å². The van der Waals surface area contributed by atoms with E-state index in [0.717, 1.165) is 5.69 Å². The zero-order valence-electron chi connectivity index (χ0n) is 10.5. The maximum absolute atomic E-state index is 13.3. The van der Waals surface area contributed by atoms with Crippen molar-refractivity contribution >= 4 is 27.5 Å². The number of ether oxygens (including phenoxy) is 1. The van der Waals surface area contributed by atoms with Crippen LogP contribution in [-0.4, -0.2) is 19.1 Å². The summed E-state index contributed by atoms with van der Waals surface area (Å²) in [5, 5.41) is 0. The first-order chi connectivity index (χ1) is 9.66. The van der Waals surface area contributed by atoms with E-state index < -0.39 is 0 Å². The van der Waals surface area contributed by atoms with Crippen LogP contribution in [0.15, 0.2) is 46.9 Å². The quantitative estimate of drug-likeness (QED) is 0.796. The fraction of sp³-hybridized carbons (Fsp3) is 0.133. The lowest BCUT2D eigenvalue weighted by molar-refractivity contribution is 0.0976. The Bertz CT molecular complexity index is 675. The molecule has 0 aromatic heterocycles. The van der Waals surface area contributed by atoms with Gasteiger partial charge in [-0.15, -0.1) is 0 Å². The fourth-order valence-electron chi connectivity index (χ4n) is 2.17. The number of amides is 1. The molecule has 0 fully saturated rings. The molecule has 2 aromatic carbocycles. The molecule has 0 radical (unpaired) electrons. The van der Waals surface area contributed by atoms with Gasteiger partial charge in [-0.3, -0.25) is 4.79 Å². The Hall–Kier alpha value is -1.88. The predicted octanol–water partition coefficient (Wildman–Crippen LogP) is 3.63. The lowest BCUT2D eigenvalue weighted by atomic mass is 10.1. The van der Waals surface area contributed by atoms with E-state index in [9.17, 15) is 9.18 Å². The number of carbonyl (C=O) groups excluding carboxylic acids is 1. The zero-order chi connectivity index (χ0) is 14.1. The molecule has 3 rings (SSSR count). The van der Waals surface area contributed by atoms with Crippen LogP contribution in [-0.2, 0) is 0 Å². The summed E-state index contributed by atoms with van der Waals surface area (Å²) in [6.45, 7) is 0.927. The molecule has 0 spiro atoms. The molecule has 0 atom stereocenters. The van der Waals surface area contributed by atoms with Crippen LogP contribution in [0.5, 0.6) is 5.75 Å². The maximum Gasteiger partial charge on any atom is 0.258 e. The molecule has 1 heterocycles. The van der Waals surface area contributed by atoms with Crippen LogP contribution in [0.25, 0.3) is 0 Å². The topological polar surface area (TPSA) is 29.5 Å². The molecule has 0 N–H and O–H groups in total. The van der Waals surface area contributed by atoms with Crippen molar-refractivity contribution in [3.05, 3.63) is 58.3 Å². The summed E-state index contributed by atoms with van der Waals surface area (Å²) >= 11 is 3.10. The highest BCUT2D eigenvalue weighted by atomic mass is 79.9. The monoisotopic (exact) mass is 335 g/mol. The van der Waals surface area contributed by atoms with Crippen molar-refractivity contribution in [2.24, 2.45) is 0 Å². The zero-order valence-corrected chi connectivity index (χ0v) is 12.1. The van der Waals surface area contributed by atoms with E-state index in [1.165, 1.54) is 18.2 Å². The Morgan fingerprint density at radius 1 is 1.25 bits per heavy atom. The highest BCUT2D eigenvalue weighted by Gasteiger charge is 2.24. The SMILES string of the molecule is O=C(c1ccc(F)c(Br)c1)N1CCOc2ccccc21. The number of nitrogens with zero attached hydrogens (tertiary/aromatic N) is 1. The number of benzene rings is 2. The second-order valence-corrected chi connectivity index (χ2v) is 5.26. The number of para-hydroxylation sites is 2. The van der Waals surface area contributed by atoms with E-state index in [4.69, 9.17) is 4.74 Å². The van der Waals surface area contributed by atoms with E-state index in [2.05, 4.69) is 15.9 Å². The molecular weight excluding hydrogens is 325 g/mol. The molecule has 1 amide bonds. The molecule has 20 heavy (non-hydrogen) atoms. The summed E-state index contributed by atoms with van der Waals surface area (Å²) in [4.78, 5) is 14.2. The van der Waals surface area contributed by atoms with Gasteiger partial charge in [-0.25, -0.2) is 4.39 Å². The van der Waals surface area contributed by atoms with E-state index in [1.54, 1.807) is 4.90 Å². The summed E-state index contributed by atoms with van der Waals surface area (Å²) < 4.78 is 19.1. The van der Waals surface area contributed by atoms with Gasteiger partial charge in [-0.05, 0) is 46.3 Å². The summed E-state index contributed by atoms with van der Waals surface area (Å²) in [5.74, 6) is 0.138. The van der Waals surface area contributed by atoms with Crippen molar-refractivity contribution in [1.29, 1.82) is 0 Å². The van der Waals surface area contributed by atoms with Crippen molar-refractivity contribution in [2.45, 2.75) is 0 Å². The maximum atomic E-state index is 13.3. The highest BCUT2D eigenvalue weighted by molar-refractivity contribution is 9.10. The van der Waals surface area contributed by atoms with Gasteiger partial charge in [0.1, 0.15) is 18.2 Å². The van der Waals surface area contributed by atoms with Crippen LogP contribution < -0.4 is 9.64 Å². The molecule has 0 saturated carbocycles. The first-order valence-electron chi connectivity index (χ1n) is 6.15. The van der Waals surface area contributed by atoms with Crippen LogP contribution in [0.2, 0.25) is 0 Å². The van der Waals surface area contributed by atoms with Crippen molar-refractivity contribution in [2.75, 3.05) is 18.1 Å². The van der Waals surface area contributed by atoms with Gasteiger partial charge in [0.25, 0.3) is 5.91 Å². The normalized spacial score (nSPS) is 13.6. The van der Waals surface area contributed by atoms with Crippen molar-refractivity contribution in [3.63, 3.8) is 0 Å². The average molecular weight is 336 g/mol. The van der Waals surface area contributed by atoms with E-state index in [1.807, 2.05) is 24.3 Å². The minimum atomic E-state index is -0.385. The Balaban J connectivity index is 1.97. The lowest BCUT2D eigenvalue weighted by Crippen LogP contribution is -2.37. The van der Waals surface area contributed by atoms with Gasteiger partial charge in [0.05, 0.1) is 16.7 Å². The summed E-state index contributed by atoms with van der Waals surface area (Å²) in [6, 6.07) is 11.6. The van der Waals surface area contributed by atoms with Gasteiger partial charge in [-0.2, -0.15) is 0 Å². The Labute approximate surface area is 124 Å². The third-order valence-electron chi connectivity index (χ3n) is 3.14. The Morgan fingerprint density at radius 2 is 2.05 bits per heavy atom. The van der Waals surface area contributed by atoms with Gasteiger partial charge in [-0.1, -0.05) is 12.1 Å². The van der Waals surface area contributed by atoms with Crippen LogP contribution in [0.4, 0.5) is 10.1 Å². The fourth-order valence-corrected chi connectivity index (χ4v) is 2.54. The standard InChI is InChI=1S/C15H11BrFNO2/c16-11-9-10(5-6-12(11)17)15(19)18-7-8-20-14-4-2-1-3-13(14)18/h1-6,9H,7-8H2. The largest absolute Gasteiger partial charge is 0.490 e. The minimum Gasteiger partial charge on any atom is -0.490 e. The molecule has 1 aliphatic heterocycles. The summed E-state index contributed by atoms with van der Waals surface area (Å²) in [5.41, 5.74) is 1.18. The van der Waals surface area contributed by atoms with Crippen LogP contribution >= 0.6 is 15.9 Å². The number of halogens is 2. The first-order valence-corrected chi connectivity index (χ1v) is 6.95. The molecule has 0 aliphatic carbocycles. The Morgan fingerprint density at radius 3 is 2.85 bits per heavy atom. The number of rotatable bonds is 1. The van der Waals surface area contributed by atoms with Gasteiger partial charge in [0.15, 0.2) is 0 Å². The van der Waals surface area contributed by atoms with Gasteiger partial charge < -0.3 is 9.64 Å². The minimum absolute atomic E-state index is 0.165. The lowest BCUT2D eigenvalue weighted by Gasteiger charge is -2.29. The third kappa shape index (κ3) is 2.29. The van der Waals surface area contributed by atoms with Crippen LogP contribution in [0.1, 0.15) is 10.4 Å². The molecule has 2 aromatic rings. The van der Waals surface area contributed by atoms with E-state index in [0.29, 0.717) is 24.5 Å². The summed E-state index contributed by atoms with van der Waals surface area (Å²) in [6.07, 6.45) is 0. The average Bonchev–Trinajstić information content (AvgIpc) is 2.49. The van der Waals surface area contributed by atoms with Crippen molar-refractivity contribution in [1.82, 2.24) is 0 Å². The molecule has 1 aliphatic rings. The van der Waals surface area contributed by atoms with Crippen molar-refractivity contribution in [3.8, 4) is 5.75 Å². The molecule has 3 nitrogen and oxygen atoms in total. The van der Waals surface area contributed by atoms with Gasteiger partial charge >= 0.3 is 0 Å². The molecule has 0 bridgehead atoms. The molecule has 5 heteroatoms. The highest BCUT2D eigenvalue weighted by Crippen LogP contribution is 2.32. The molecular formula is C15H11BrFNO2. The second-order valence-electron chi connectivity index (χ2n) is 4.40. The number of carbonyl (C=O) groups is 1. The number of fused-ring (bicyclic) bond motifs is 1. The first kappa shape index (κ1) is 13.1. The number of anilines is 1. The number of hydrogen-bond acceptors (Lipinski definition) is 2. The van der Waals surface area contributed by atoms with Crippen LogP contribution in [0, 0.1) is 5.82 Å². The third-order valence-corrected chi connectivity index (χ3v) is 3.75.